The zero-order valence-electron chi connectivity index (χ0n) is 18.6. The molecule has 0 aliphatic carbocycles. The Labute approximate surface area is 185 Å². The Bertz CT molecular complexity index is 1080. The number of hydrogen-bond donors (Lipinski definition) is 4. The molecule has 31 heavy (non-hydrogen) atoms. The van der Waals surface area contributed by atoms with Crippen molar-refractivity contribution in [2.75, 3.05) is 19.4 Å². The molecule has 1 aromatic carbocycles. The number of aliphatic carboxylic acids is 1. The SMILES string of the molecule is CC(=O)O.CCC(C)(NCC(O)COc1cccc2[nH]c3c(=O)n(C)ccc3c12)SC. The summed E-state index contributed by atoms with van der Waals surface area (Å²) in [6, 6.07) is 7.58. The van der Waals surface area contributed by atoms with E-state index in [1.54, 1.807) is 29.6 Å². The second-order valence-electron chi connectivity index (χ2n) is 7.48. The number of carbonyl (C=O) groups is 1. The lowest BCUT2D eigenvalue weighted by molar-refractivity contribution is -0.134. The second kappa shape index (κ2) is 10.7. The normalized spacial score (nSPS) is 14.0. The number of H-pyrrole nitrogens is 1. The van der Waals surface area contributed by atoms with Crippen LogP contribution in [0.2, 0.25) is 0 Å². The van der Waals surface area contributed by atoms with Gasteiger partial charge in [-0.05, 0) is 37.8 Å². The quantitative estimate of drug-likeness (QED) is 0.391. The first-order valence-corrected chi connectivity index (χ1v) is 11.2. The van der Waals surface area contributed by atoms with Crippen molar-refractivity contribution in [1.29, 1.82) is 0 Å². The highest BCUT2D eigenvalue weighted by atomic mass is 32.2. The Morgan fingerprint density at radius 1 is 1.39 bits per heavy atom. The van der Waals surface area contributed by atoms with Crippen molar-refractivity contribution in [2.45, 2.75) is 38.2 Å². The van der Waals surface area contributed by atoms with Crippen LogP contribution in [0.5, 0.6) is 5.75 Å². The monoisotopic (exact) mass is 449 g/mol. The van der Waals surface area contributed by atoms with Gasteiger partial charge in [-0.15, -0.1) is 11.8 Å². The molecule has 0 saturated heterocycles. The number of aliphatic hydroxyl groups is 1. The van der Waals surface area contributed by atoms with Gasteiger partial charge in [0.2, 0.25) is 0 Å². The van der Waals surface area contributed by atoms with E-state index in [4.69, 9.17) is 14.6 Å². The van der Waals surface area contributed by atoms with Crippen LogP contribution in [0.3, 0.4) is 0 Å². The van der Waals surface area contributed by atoms with Gasteiger partial charge in [0.25, 0.3) is 11.5 Å². The van der Waals surface area contributed by atoms with Crippen LogP contribution < -0.4 is 15.6 Å². The van der Waals surface area contributed by atoms with Crippen LogP contribution in [0.25, 0.3) is 21.8 Å². The molecule has 4 N–H and O–H groups in total. The van der Waals surface area contributed by atoms with Crippen molar-refractivity contribution >= 4 is 39.5 Å². The molecule has 9 heteroatoms. The van der Waals surface area contributed by atoms with Gasteiger partial charge in [0.05, 0.1) is 10.4 Å². The number of ether oxygens (including phenoxy) is 1. The molecule has 0 aliphatic rings. The molecule has 0 saturated carbocycles. The van der Waals surface area contributed by atoms with Gasteiger partial charge in [0.15, 0.2) is 0 Å². The van der Waals surface area contributed by atoms with E-state index in [0.29, 0.717) is 17.8 Å². The first-order valence-electron chi connectivity index (χ1n) is 10.0. The van der Waals surface area contributed by atoms with E-state index in [0.717, 1.165) is 29.6 Å². The third-order valence-electron chi connectivity index (χ3n) is 5.09. The van der Waals surface area contributed by atoms with Gasteiger partial charge in [-0.25, -0.2) is 0 Å². The molecule has 0 aliphatic heterocycles. The van der Waals surface area contributed by atoms with Crippen LogP contribution in [-0.4, -0.2) is 56.1 Å². The van der Waals surface area contributed by atoms with E-state index in [-0.39, 0.29) is 17.0 Å². The van der Waals surface area contributed by atoms with E-state index in [1.807, 2.05) is 24.3 Å². The van der Waals surface area contributed by atoms with Gasteiger partial charge in [-0.2, -0.15) is 0 Å². The lowest BCUT2D eigenvalue weighted by atomic mass is 10.1. The predicted octanol–water partition coefficient (Wildman–Crippen LogP) is 2.93. The number of aryl methyl sites for hydroxylation is 1. The van der Waals surface area contributed by atoms with Crippen molar-refractivity contribution in [2.24, 2.45) is 7.05 Å². The molecule has 3 rings (SSSR count). The molecule has 2 unspecified atom stereocenters. The van der Waals surface area contributed by atoms with Crippen LogP contribution in [0.4, 0.5) is 0 Å². The Hall–Kier alpha value is -2.49. The zero-order valence-corrected chi connectivity index (χ0v) is 19.4. The summed E-state index contributed by atoms with van der Waals surface area (Å²) in [6.07, 6.45) is 4.14. The number of hydrogen-bond acceptors (Lipinski definition) is 6. The van der Waals surface area contributed by atoms with Crippen molar-refractivity contribution < 1.29 is 19.7 Å². The van der Waals surface area contributed by atoms with Crippen molar-refractivity contribution in [3.05, 3.63) is 40.8 Å². The molecule has 0 amide bonds. The first kappa shape index (κ1) is 24.8. The number of rotatable bonds is 8. The summed E-state index contributed by atoms with van der Waals surface area (Å²) in [7, 11) is 1.73. The highest BCUT2D eigenvalue weighted by Crippen LogP contribution is 2.32. The highest BCUT2D eigenvalue weighted by Gasteiger charge is 2.21. The summed E-state index contributed by atoms with van der Waals surface area (Å²) in [5.74, 6) is -0.172. The van der Waals surface area contributed by atoms with E-state index >= 15 is 0 Å². The summed E-state index contributed by atoms with van der Waals surface area (Å²) < 4.78 is 7.47. The molecule has 0 bridgehead atoms. The number of aromatic nitrogens is 2. The average molecular weight is 450 g/mol. The smallest absolute Gasteiger partial charge is 0.300 e. The van der Waals surface area contributed by atoms with Gasteiger partial charge < -0.3 is 29.8 Å². The summed E-state index contributed by atoms with van der Waals surface area (Å²) in [5.41, 5.74) is 1.33. The molecule has 0 fully saturated rings. The van der Waals surface area contributed by atoms with Gasteiger partial charge in [-0.3, -0.25) is 9.59 Å². The molecule has 170 valence electrons. The zero-order chi connectivity index (χ0) is 23.2. The van der Waals surface area contributed by atoms with Crippen LogP contribution in [0.15, 0.2) is 35.3 Å². The molecule has 0 spiro atoms. The number of nitrogens with zero attached hydrogens (tertiary/aromatic N) is 1. The highest BCUT2D eigenvalue weighted by molar-refractivity contribution is 7.99. The van der Waals surface area contributed by atoms with Crippen LogP contribution in [0.1, 0.15) is 27.2 Å². The van der Waals surface area contributed by atoms with E-state index in [2.05, 4.69) is 30.4 Å². The lowest BCUT2D eigenvalue weighted by Crippen LogP contribution is -2.44. The Morgan fingerprint density at radius 2 is 2.06 bits per heavy atom. The minimum Gasteiger partial charge on any atom is -0.490 e. The minimum absolute atomic E-state index is 0.0577. The lowest BCUT2D eigenvalue weighted by Gasteiger charge is -2.28. The van der Waals surface area contributed by atoms with Gasteiger partial charge in [-0.1, -0.05) is 13.0 Å². The number of benzene rings is 1. The molecule has 2 atom stereocenters. The summed E-state index contributed by atoms with van der Waals surface area (Å²) in [6.45, 7) is 5.96. The first-order chi connectivity index (χ1) is 14.6. The number of aliphatic hydroxyl groups excluding tert-OH is 1. The molecular formula is C22H31N3O5S. The fourth-order valence-corrected chi connectivity index (χ4v) is 3.56. The number of fused-ring (bicyclic) bond motifs is 3. The third-order valence-corrected chi connectivity index (χ3v) is 6.43. The second-order valence-corrected chi connectivity index (χ2v) is 8.79. The van der Waals surface area contributed by atoms with Crippen molar-refractivity contribution in [3.8, 4) is 5.75 Å². The maximum absolute atomic E-state index is 12.4. The topological polar surface area (TPSA) is 117 Å². The van der Waals surface area contributed by atoms with Gasteiger partial charge in [0.1, 0.15) is 24.0 Å². The Morgan fingerprint density at radius 3 is 2.68 bits per heavy atom. The van der Waals surface area contributed by atoms with Crippen LogP contribution in [0, 0.1) is 0 Å². The van der Waals surface area contributed by atoms with Gasteiger partial charge >= 0.3 is 0 Å². The van der Waals surface area contributed by atoms with Gasteiger partial charge in [0, 0.05) is 37.5 Å². The predicted molar refractivity (Wildman–Crippen MR) is 126 cm³/mol. The molecule has 8 nitrogen and oxygen atoms in total. The number of carboxylic acids is 1. The van der Waals surface area contributed by atoms with E-state index < -0.39 is 12.1 Å². The summed E-state index contributed by atoms with van der Waals surface area (Å²) >= 11 is 1.74. The van der Waals surface area contributed by atoms with E-state index in [1.165, 1.54) is 0 Å². The number of nitrogens with one attached hydrogen (secondary N) is 2. The Kier molecular flexibility index (Phi) is 8.55. The number of aromatic amines is 1. The average Bonchev–Trinajstić information content (AvgIpc) is 3.12. The van der Waals surface area contributed by atoms with Crippen molar-refractivity contribution in [1.82, 2.24) is 14.9 Å². The number of thioether (sulfide) groups is 1. The summed E-state index contributed by atoms with van der Waals surface area (Å²) in [5, 5.41) is 22.8. The largest absolute Gasteiger partial charge is 0.490 e. The maximum Gasteiger partial charge on any atom is 0.300 e. The van der Waals surface area contributed by atoms with Crippen LogP contribution in [-0.2, 0) is 11.8 Å². The molecule has 3 aromatic rings. The van der Waals surface area contributed by atoms with Crippen molar-refractivity contribution in [3.63, 3.8) is 0 Å². The van der Waals surface area contributed by atoms with E-state index in [9.17, 15) is 9.90 Å². The standard InChI is InChI=1S/C20H27N3O3S.C2H4O2/c1-5-20(2,27-4)21-11-13(24)12-26-16-8-6-7-15-17(16)14-9-10-23(3)19(25)18(14)22-15;1-2(3)4/h6-10,13,21-22,24H,5,11-12H2,1-4H3;1H3,(H,3,4). The third kappa shape index (κ3) is 6.25. The molecular weight excluding hydrogens is 418 g/mol. The molecule has 0 radical (unpaired) electrons. The fourth-order valence-electron chi connectivity index (χ4n) is 3.05. The number of pyridine rings is 1. The Balaban J connectivity index is 0.000000785. The fraction of sp³-hybridized carbons (Fsp3) is 0.455. The minimum atomic E-state index is -0.833. The summed E-state index contributed by atoms with van der Waals surface area (Å²) in [4.78, 5) is 24.5. The maximum atomic E-state index is 12.4. The van der Waals surface area contributed by atoms with Crippen LogP contribution >= 0.6 is 11.8 Å². The molecule has 2 heterocycles. The molecule has 2 aromatic heterocycles. The number of carboxylic acid groups (broad SMARTS) is 1.